The molecule has 1 N–H and O–H groups in total. The summed E-state index contributed by atoms with van der Waals surface area (Å²) in [6.45, 7) is 6.65. The third kappa shape index (κ3) is 4.80. The van der Waals surface area contributed by atoms with E-state index >= 15 is 0 Å². The molecule has 7 nitrogen and oxygen atoms in total. The number of fused-ring (bicyclic) bond motifs is 1. The summed E-state index contributed by atoms with van der Waals surface area (Å²) in [5.74, 6) is 1.99. The lowest BCUT2D eigenvalue weighted by Gasteiger charge is -2.10. The van der Waals surface area contributed by atoms with Gasteiger partial charge < -0.3 is 14.3 Å². The number of rotatable bonds is 8. The number of aryl methyl sites for hydroxylation is 1. The number of aromatic nitrogens is 3. The Morgan fingerprint density at radius 2 is 2.10 bits per heavy atom. The molecule has 0 aliphatic heterocycles. The van der Waals surface area contributed by atoms with Crippen LogP contribution in [0.1, 0.15) is 17.0 Å². The van der Waals surface area contributed by atoms with Gasteiger partial charge in [-0.05, 0) is 42.3 Å². The standard InChI is InChI=1S/C23H21N3O4S/c1-3-9-26-21(13-29-18-6-4-5-15(2)10-18)24-25-23(26)31-14-16-11-22(28)30-20-12-17(27)7-8-19(16)20/h3-8,10-12,27H,1,9,13-14H2,2H3. The fourth-order valence-electron chi connectivity index (χ4n) is 3.18. The highest BCUT2D eigenvalue weighted by atomic mass is 32.2. The molecule has 158 valence electrons. The molecule has 2 aromatic heterocycles. The molecule has 2 aromatic carbocycles. The monoisotopic (exact) mass is 435 g/mol. The van der Waals surface area contributed by atoms with Gasteiger partial charge in [0, 0.05) is 29.8 Å². The zero-order chi connectivity index (χ0) is 21.8. The van der Waals surface area contributed by atoms with E-state index in [1.165, 1.54) is 23.9 Å². The van der Waals surface area contributed by atoms with Crippen molar-refractivity contribution in [3.63, 3.8) is 0 Å². The smallest absolute Gasteiger partial charge is 0.336 e. The number of aromatic hydroxyl groups is 1. The zero-order valence-corrected chi connectivity index (χ0v) is 17.8. The van der Waals surface area contributed by atoms with Gasteiger partial charge in [0.05, 0.1) is 0 Å². The van der Waals surface area contributed by atoms with Crippen LogP contribution in [0.25, 0.3) is 11.0 Å². The average Bonchev–Trinajstić information content (AvgIpc) is 3.12. The van der Waals surface area contributed by atoms with Crippen LogP contribution in [0.2, 0.25) is 0 Å². The summed E-state index contributed by atoms with van der Waals surface area (Å²) in [7, 11) is 0. The molecule has 31 heavy (non-hydrogen) atoms. The third-order valence-corrected chi connectivity index (χ3v) is 5.65. The van der Waals surface area contributed by atoms with E-state index in [9.17, 15) is 9.90 Å². The van der Waals surface area contributed by atoms with Crippen molar-refractivity contribution >= 4 is 22.7 Å². The van der Waals surface area contributed by atoms with Crippen molar-refractivity contribution in [3.8, 4) is 11.5 Å². The molecule has 0 fully saturated rings. The highest BCUT2D eigenvalue weighted by Crippen LogP contribution is 2.28. The summed E-state index contributed by atoms with van der Waals surface area (Å²) < 4.78 is 13.0. The van der Waals surface area contributed by atoms with E-state index in [0.29, 0.717) is 28.9 Å². The van der Waals surface area contributed by atoms with Crippen molar-refractivity contribution < 1.29 is 14.3 Å². The highest BCUT2D eigenvalue weighted by molar-refractivity contribution is 7.98. The van der Waals surface area contributed by atoms with Crippen LogP contribution in [-0.4, -0.2) is 19.9 Å². The van der Waals surface area contributed by atoms with Crippen LogP contribution in [-0.2, 0) is 18.9 Å². The number of phenols is 1. The van der Waals surface area contributed by atoms with E-state index in [0.717, 1.165) is 22.3 Å². The van der Waals surface area contributed by atoms with Gasteiger partial charge in [-0.3, -0.25) is 4.57 Å². The number of ether oxygens (including phenoxy) is 1. The largest absolute Gasteiger partial charge is 0.508 e. The van der Waals surface area contributed by atoms with Gasteiger partial charge in [0.25, 0.3) is 0 Å². The number of thioether (sulfide) groups is 1. The van der Waals surface area contributed by atoms with E-state index in [2.05, 4.69) is 16.8 Å². The van der Waals surface area contributed by atoms with E-state index in [1.54, 1.807) is 18.2 Å². The van der Waals surface area contributed by atoms with Crippen molar-refractivity contribution in [2.24, 2.45) is 0 Å². The molecule has 0 aliphatic carbocycles. The molecule has 0 unspecified atom stereocenters. The Morgan fingerprint density at radius 1 is 1.23 bits per heavy atom. The fourth-order valence-corrected chi connectivity index (χ4v) is 4.14. The second-order valence-corrected chi connectivity index (χ2v) is 7.91. The van der Waals surface area contributed by atoms with Crippen molar-refractivity contribution in [2.75, 3.05) is 0 Å². The van der Waals surface area contributed by atoms with Gasteiger partial charge >= 0.3 is 5.63 Å². The summed E-state index contributed by atoms with van der Waals surface area (Å²) >= 11 is 1.46. The number of hydrogen-bond donors (Lipinski definition) is 1. The molecule has 0 spiro atoms. The maximum absolute atomic E-state index is 11.9. The number of hydrogen-bond acceptors (Lipinski definition) is 7. The molecule has 2 heterocycles. The Kier molecular flexibility index (Phi) is 6.08. The van der Waals surface area contributed by atoms with Gasteiger partial charge in [0.15, 0.2) is 11.0 Å². The first-order chi connectivity index (χ1) is 15.0. The van der Waals surface area contributed by atoms with E-state index in [1.807, 2.05) is 35.8 Å². The fraction of sp³-hybridized carbons (Fsp3) is 0.174. The first-order valence-corrected chi connectivity index (χ1v) is 10.6. The normalized spacial score (nSPS) is 11.0. The maximum atomic E-state index is 11.9. The van der Waals surface area contributed by atoms with Crippen LogP contribution < -0.4 is 10.4 Å². The Morgan fingerprint density at radius 3 is 2.90 bits per heavy atom. The van der Waals surface area contributed by atoms with Gasteiger partial charge in [0.2, 0.25) is 0 Å². The zero-order valence-electron chi connectivity index (χ0n) is 16.9. The predicted octanol–water partition coefficient (Wildman–Crippen LogP) is 4.46. The Bertz CT molecular complexity index is 1300. The predicted molar refractivity (Wildman–Crippen MR) is 119 cm³/mol. The average molecular weight is 436 g/mol. The topological polar surface area (TPSA) is 90.4 Å². The van der Waals surface area contributed by atoms with Crippen molar-refractivity contribution in [2.45, 2.75) is 31.0 Å². The Hall–Kier alpha value is -3.52. The van der Waals surface area contributed by atoms with E-state index in [4.69, 9.17) is 9.15 Å². The lowest BCUT2D eigenvalue weighted by atomic mass is 10.1. The lowest BCUT2D eigenvalue weighted by molar-refractivity contribution is 0.289. The molecule has 0 saturated heterocycles. The van der Waals surface area contributed by atoms with E-state index in [-0.39, 0.29) is 12.4 Å². The summed E-state index contributed by atoms with van der Waals surface area (Å²) in [5.41, 5.74) is 1.80. The summed E-state index contributed by atoms with van der Waals surface area (Å²) in [6.07, 6.45) is 1.78. The Labute approximate surface area is 183 Å². The molecule has 4 rings (SSSR count). The number of nitrogens with zero attached hydrogens (tertiary/aromatic N) is 3. The first-order valence-electron chi connectivity index (χ1n) is 9.64. The highest BCUT2D eigenvalue weighted by Gasteiger charge is 2.14. The van der Waals surface area contributed by atoms with Gasteiger partial charge in [-0.2, -0.15) is 0 Å². The van der Waals surface area contributed by atoms with Gasteiger partial charge in [-0.25, -0.2) is 4.79 Å². The minimum atomic E-state index is -0.464. The molecule has 8 heteroatoms. The molecular formula is C23H21N3O4S. The van der Waals surface area contributed by atoms with Crippen LogP contribution >= 0.6 is 11.8 Å². The number of allylic oxidation sites excluding steroid dienone is 1. The van der Waals surface area contributed by atoms with Crippen LogP contribution in [0, 0.1) is 6.92 Å². The molecule has 0 aliphatic rings. The van der Waals surface area contributed by atoms with Gasteiger partial charge in [-0.1, -0.05) is 30.0 Å². The molecule has 4 aromatic rings. The van der Waals surface area contributed by atoms with E-state index < -0.39 is 5.63 Å². The minimum absolute atomic E-state index is 0.0458. The van der Waals surface area contributed by atoms with Crippen LogP contribution in [0.15, 0.2) is 75.6 Å². The minimum Gasteiger partial charge on any atom is -0.508 e. The van der Waals surface area contributed by atoms with Gasteiger partial charge in [0.1, 0.15) is 23.7 Å². The molecule has 0 radical (unpaired) electrons. The molecule has 0 saturated carbocycles. The van der Waals surface area contributed by atoms with Crippen molar-refractivity contribution in [1.29, 1.82) is 0 Å². The molecule has 0 amide bonds. The first kappa shape index (κ1) is 20.7. The van der Waals surface area contributed by atoms with Crippen molar-refractivity contribution in [3.05, 3.63) is 88.6 Å². The molecule has 0 atom stereocenters. The van der Waals surface area contributed by atoms with Crippen LogP contribution in [0.3, 0.4) is 0 Å². The molecular weight excluding hydrogens is 414 g/mol. The second kappa shape index (κ2) is 9.09. The third-order valence-electron chi connectivity index (χ3n) is 4.63. The SMILES string of the molecule is C=CCn1c(COc2cccc(C)c2)nnc1SCc1cc(=O)oc2cc(O)ccc12. The van der Waals surface area contributed by atoms with Gasteiger partial charge in [-0.15, -0.1) is 16.8 Å². The quantitative estimate of drug-likeness (QED) is 0.248. The number of benzene rings is 2. The maximum Gasteiger partial charge on any atom is 0.336 e. The Balaban J connectivity index is 1.54. The second-order valence-electron chi connectivity index (χ2n) is 6.96. The van der Waals surface area contributed by atoms with Crippen LogP contribution in [0.5, 0.6) is 11.5 Å². The summed E-state index contributed by atoms with van der Waals surface area (Å²) in [4.78, 5) is 11.9. The van der Waals surface area contributed by atoms with Crippen molar-refractivity contribution in [1.82, 2.24) is 14.8 Å². The van der Waals surface area contributed by atoms with Crippen LogP contribution in [0.4, 0.5) is 0 Å². The molecule has 0 bridgehead atoms. The summed E-state index contributed by atoms with van der Waals surface area (Å²) in [6, 6.07) is 14.0. The number of phenolic OH excluding ortho intramolecular Hbond substituents is 1. The lowest BCUT2D eigenvalue weighted by Crippen LogP contribution is -2.07. The summed E-state index contributed by atoms with van der Waals surface area (Å²) in [5, 5.41) is 19.7.